The Bertz CT molecular complexity index is 524. The highest BCUT2D eigenvalue weighted by Gasteiger charge is 2.15. The van der Waals surface area contributed by atoms with Crippen LogP contribution in [0.25, 0.3) is 0 Å². The zero-order chi connectivity index (χ0) is 17.3. The van der Waals surface area contributed by atoms with Crippen molar-refractivity contribution in [1.82, 2.24) is 5.32 Å². The second-order valence-corrected chi connectivity index (χ2v) is 5.72. The lowest BCUT2D eigenvalue weighted by Gasteiger charge is -2.19. The molecule has 2 N–H and O–H groups in total. The van der Waals surface area contributed by atoms with Crippen molar-refractivity contribution < 1.29 is 28.9 Å². The van der Waals surface area contributed by atoms with Crippen molar-refractivity contribution in [3.63, 3.8) is 0 Å². The predicted molar refractivity (Wildman–Crippen MR) is 84.0 cm³/mol. The highest BCUT2D eigenvalue weighted by molar-refractivity contribution is 5.87. The van der Waals surface area contributed by atoms with Crippen LogP contribution in [-0.2, 0) is 9.47 Å². The first kappa shape index (κ1) is 18.8. The summed E-state index contributed by atoms with van der Waals surface area (Å²) in [6.07, 6.45) is -0.483. The molecular formula is C16H23NO6. The normalized spacial score (nSPS) is 10.9. The zero-order valence-corrected chi connectivity index (χ0v) is 13.6. The van der Waals surface area contributed by atoms with E-state index in [4.69, 9.17) is 19.3 Å². The highest BCUT2D eigenvalue weighted by Crippen LogP contribution is 2.13. The molecule has 1 aromatic rings. The fourth-order valence-corrected chi connectivity index (χ4v) is 1.58. The quantitative estimate of drug-likeness (QED) is 0.712. The van der Waals surface area contributed by atoms with E-state index in [1.54, 1.807) is 32.9 Å². The van der Waals surface area contributed by atoms with Gasteiger partial charge in [-0.3, -0.25) is 0 Å². The van der Waals surface area contributed by atoms with Crippen LogP contribution in [0, 0.1) is 0 Å². The van der Waals surface area contributed by atoms with Crippen molar-refractivity contribution >= 4 is 12.1 Å². The molecule has 1 rings (SSSR count). The number of nitrogens with one attached hydrogen (secondary N) is 1. The van der Waals surface area contributed by atoms with Gasteiger partial charge >= 0.3 is 12.1 Å². The smallest absolute Gasteiger partial charge is 0.407 e. The van der Waals surface area contributed by atoms with Gasteiger partial charge < -0.3 is 24.6 Å². The molecule has 7 heteroatoms. The van der Waals surface area contributed by atoms with Crippen LogP contribution >= 0.6 is 0 Å². The molecule has 0 radical (unpaired) electrons. The number of ether oxygens (including phenoxy) is 3. The van der Waals surface area contributed by atoms with Gasteiger partial charge in [-0.2, -0.15) is 0 Å². The number of benzene rings is 1. The molecule has 0 heterocycles. The lowest BCUT2D eigenvalue weighted by molar-refractivity contribution is 0.0488. The second kappa shape index (κ2) is 8.99. The van der Waals surface area contributed by atoms with Crippen molar-refractivity contribution in [2.45, 2.75) is 26.4 Å². The molecule has 7 nitrogen and oxygen atoms in total. The summed E-state index contributed by atoms with van der Waals surface area (Å²) in [5.41, 5.74) is -0.353. The van der Waals surface area contributed by atoms with Crippen LogP contribution in [0.15, 0.2) is 24.3 Å². The maximum atomic E-state index is 11.4. The summed E-state index contributed by atoms with van der Waals surface area (Å²) < 4.78 is 15.8. The van der Waals surface area contributed by atoms with Crippen LogP contribution in [0.3, 0.4) is 0 Å². The molecule has 0 bridgehead atoms. The Kier molecular flexibility index (Phi) is 7.34. The number of alkyl carbamates (subject to hydrolysis) is 1. The van der Waals surface area contributed by atoms with E-state index in [0.717, 1.165) is 0 Å². The Morgan fingerprint density at radius 2 is 1.91 bits per heavy atom. The van der Waals surface area contributed by atoms with E-state index in [1.165, 1.54) is 12.1 Å². The molecule has 128 valence electrons. The van der Waals surface area contributed by atoms with Crippen LogP contribution in [0.2, 0.25) is 0 Å². The maximum Gasteiger partial charge on any atom is 0.407 e. The molecule has 0 atom stereocenters. The van der Waals surface area contributed by atoms with Gasteiger partial charge in [0, 0.05) is 6.54 Å². The van der Waals surface area contributed by atoms with Gasteiger partial charge in [0.2, 0.25) is 0 Å². The van der Waals surface area contributed by atoms with Crippen molar-refractivity contribution in [2.24, 2.45) is 0 Å². The van der Waals surface area contributed by atoms with Gasteiger partial charge in [-0.15, -0.1) is 0 Å². The van der Waals surface area contributed by atoms with Crippen LogP contribution in [0.5, 0.6) is 5.75 Å². The lowest BCUT2D eigenvalue weighted by atomic mass is 10.2. The minimum absolute atomic E-state index is 0.171. The largest absolute Gasteiger partial charge is 0.491 e. The minimum atomic E-state index is -1.00. The first-order valence-electron chi connectivity index (χ1n) is 7.29. The Labute approximate surface area is 135 Å². The topological polar surface area (TPSA) is 94.1 Å². The number of hydrogen-bond donors (Lipinski definition) is 2. The van der Waals surface area contributed by atoms with Gasteiger partial charge in [0.25, 0.3) is 0 Å². The molecule has 0 aliphatic rings. The molecule has 0 aromatic heterocycles. The number of carbonyl (C=O) groups is 2. The SMILES string of the molecule is CC(C)(C)OC(=O)NCCOCCOc1cccc(C(=O)O)c1. The van der Waals surface area contributed by atoms with Gasteiger partial charge in [-0.05, 0) is 39.0 Å². The number of aromatic carboxylic acids is 1. The molecule has 0 fully saturated rings. The van der Waals surface area contributed by atoms with E-state index in [-0.39, 0.29) is 12.2 Å². The summed E-state index contributed by atoms with van der Waals surface area (Å²) >= 11 is 0. The summed E-state index contributed by atoms with van der Waals surface area (Å²) in [7, 11) is 0. The van der Waals surface area contributed by atoms with E-state index in [2.05, 4.69) is 5.32 Å². The van der Waals surface area contributed by atoms with E-state index >= 15 is 0 Å². The predicted octanol–water partition coefficient (Wildman–Crippen LogP) is 2.30. The third-order valence-corrected chi connectivity index (χ3v) is 2.49. The second-order valence-electron chi connectivity index (χ2n) is 5.72. The van der Waals surface area contributed by atoms with E-state index in [1.807, 2.05) is 0 Å². The van der Waals surface area contributed by atoms with Crippen molar-refractivity contribution in [3.8, 4) is 5.75 Å². The number of carbonyl (C=O) groups excluding carboxylic acids is 1. The molecule has 0 aliphatic heterocycles. The molecule has 0 spiro atoms. The number of hydrogen-bond acceptors (Lipinski definition) is 5. The van der Waals surface area contributed by atoms with Gasteiger partial charge in [0.05, 0.1) is 18.8 Å². The van der Waals surface area contributed by atoms with Gasteiger partial charge in [-0.25, -0.2) is 9.59 Å². The summed E-state index contributed by atoms with van der Waals surface area (Å²) in [5, 5.41) is 11.4. The summed E-state index contributed by atoms with van der Waals surface area (Å²) in [6, 6.07) is 6.24. The fourth-order valence-electron chi connectivity index (χ4n) is 1.58. The molecule has 23 heavy (non-hydrogen) atoms. The molecule has 0 saturated heterocycles. The first-order chi connectivity index (χ1) is 10.8. The number of carboxylic acids is 1. The minimum Gasteiger partial charge on any atom is -0.491 e. The third kappa shape index (κ3) is 8.67. The van der Waals surface area contributed by atoms with E-state index in [9.17, 15) is 9.59 Å². The van der Waals surface area contributed by atoms with E-state index in [0.29, 0.717) is 25.5 Å². The van der Waals surface area contributed by atoms with Crippen molar-refractivity contribution in [2.75, 3.05) is 26.4 Å². The average Bonchev–Trinajstić information content (AvgIpc) is 2.44. The van der Waals surface area contributed by atoms with Crippen LogP contribution in [0.4, 0.5) is 4.79 Å². The summed E-state index contributed by atoms with van der Waals surface area (Å²) in [6.45, 7) is 6.66. The molecule has 0 aliphatic carbocycles. The average molecular weight is 325 g/mol. The third-order valence-electron chi connectivity index (χ3n) is 2.49. The Morgan fingerprint density at radius 1 is 1.17 bits per heavy atom. The fraction of sp³-hybridized carbons (Fsp3) is 0.500. The number of rotatable bonds is 8. The molecule has 0 unspecified atom stereocenters. The maximum absolute atomic E-state index is 11.4. The highest BCUT2D eigenvalue weighted by atomic mass is 16.6. The van der Waals surface area contributed by atoms with Crippen molar-refractivity contribution in [3.05, 3.63) is 29.8 Å². The van der Waals surface area contributed by atoms with Crippen LogP contribution in [0.1, 0.15) is 31.1 Å². The lowest BCUT2D eigenvalue weighted by Crippen LogP contribution is -2.34. The van der Waals surface area contributed by atoms with Gasteiger partial charge in [0.15, 0.2) is 0 Å². The molecule has 1 aromatic carbocycles. The summed E-state index contributed by atoms with van der Waals surface area (Å²) in [5.74, 6) is -0.528. The Hall–Kier alpha value is -2.28. The molecule has 0 saturated carbocycles. The van der Waals surface area contributed by atoms with Gasteiger partial charge in [0.1, 0.15) is 18.0 Å². The zero-order valence-electron chi connectivity index (χ0n) is 13.6. The van der Waals surface area contributed by atoms with Crippen LogP contribution in [-0.4, -0.2) is 49.1 Å². The Balaban J connectivity index is 2.11. The monoisotopic (exact) mass is 325 g/mol. The Morgan fingerprint density at radius 3 is 2.57 bits per heavy atom. The number of carboxylic acid groups (broad SMARTS) is 1. The van der Waals surface area contributed by atoms with Crippen molar-refractivity contribution in [1.29, 1.82) is 0 Å². The molecule has 1 amide bonds. The first-order valence-corrected chi connectivity index (χ1v) is 7.29. The molecular weight excluding hydrogens is 302 g/mol. The standard InChI is InChI=1S/C16H23NO6/c1-16(2,3)23-15(20)17-7-8-21-9-10-22-13-6-4-5-12(11-13)14(18)19/h4-6,11H,7-10H2,1-3H3,(H,17,20)(H,18,19). The number of amides is 1. The summed E-state index contributed by atoms with van der Waals surface area (Å²) in [4.78, 5) is 22.2. The van der Waals surface area contributed by atoms with E-state index < -0.39 is 17.7 Å². The van der Waals surface area contributed by atoms with Crippen LogP contribution < -0.4 is 10.1 Å². The van der Waals surface area contributed by atoms with Gasteiger partial charge in [-0.1, -0.05) is 6.07 Å².